The number of nitrogens with zero attached hydrogens (tertiary/aromatic N) is 2. The summed E-state index contributed by atoms with van der Waals surface area (Å²) in [6, 6.07) is 21.5. The molecule has 1 aliphatic carbocycles. The second-order valence-electron chi connectivity index (χ2n) is 6.54. The van der Waals surface area contributed by atoms with Crippen molar-refractivity contribution in [3.63, 3.8) is 0 Å². The Morgan fingerprint density at radius 3 is 2.07 bits per heavy atom. The van der Waals surface area contributed by atoms with E-state index in [1.807, 2.05) is 6.07 Å². The van der Waals surface area contributed by atoms with E-state index in [9.17, 15) is 13.2 Å². The SMILES string of the molecule is NCc1c2cccc(C(F)(F)F)c2nn1-c1ccccc1.c1ccc2c(c1)C2. The maximum atomic E-state index is 13.1. The number of aromatic nitrogens is 2. The molecule has 6 heteroatoms. The van der Waals surface area contributed by atoms with E-state index in [4.69, 9.17) is 5.73 Å². The van der Waals surface area contributed by atoms with Gasteiger partial charge in [-0.1, -0.05) is 54.6 Å². The fourth-order valence-corrected chi connectivity index (χ4v) is 3.20. The van der Waals surface area contributed by atoms with E-state index in [0.717, 1.165) is 6.07 Å². The van der Waals surface area contributed by atoms with Crippen LogP contribution < -0.4 is 5.73 Å². The first-order valence-electron chi connectivity index (χ1n) is 8.89. The van der Waals surface area contributed by atoms with Gasteiger partial charge in [0.05, 0.1) is 16.9 Å². The number of para-hydroxylation sites is 1. The van der Waals surface area contributed by atoms with Crippen molar-refractivity contribution in [2.75, 3.05) is 0 Å². The average Bonchev–Trinajstić information content (AvgIpc) is 3.39. The Morgan fingerprint density at radius 2 is 1.50 bits per heavy atom. The summed E-state index contributed by atoms with van der Waals surface area (Å²) in [5.74, 6) is 0. The van der Waals surface area contributed by atoms with Crippen LogP contribution in [0.5, 0.6) is 0 Å². The maximum absolute atomic E-state index is 13.1. The molecule has 0 unspecified atom stereocenters. The molecular formula is C22H18F3N3. The molecule has 3 aromatic carbocycles. The molecule has 0 amide bonds. The predicted molar refractivity (Wildman–Crippen MR) is 103 cm³/mol. The Morgan fingerprint density at radius 1 is 0.857 bits per heavy atom. The summed E-state index contributed by atoms with van der Waals surface area (Å²) >= 11 is 0. The first-order valence-corrected chi connectivity index (χ1v) is 8.89. The number of nitrogens with two attached hydrogens (primary N) is 1. The highest BCUT2D eigenvalue weighted by molar-refractivity contribution is 5.85. The van der Waals surface area contributed by atoms with Gasteiger partial charge in [0.2, 0.25) is 0 Å². The van der Waals surface area contributed by atoms with Crippen LogP contribution >= 0.6 is 0 Å². The van der Waals surface area contributed by atoms with Gasteiger partial charge in [-0.2, -0.15) is 18.3 Å². The number of fused-ring (bicyclic) bond motifs is 2. The van der Waals surface area contributed by atoms with Crippen LogP contribution in [-0.2, 0) is 19.1 Å². The lowest BCUT2D eigenvalue weighted by Gasteiger charge is -2.06. The van der Waals surface area contributed by atoms with Crippen LogP contribution in [0.1, 0.15) is 22.4 Å². The maximum Gasteiger partial charge on any atom is 0.418 e. The minimum atomic E-state index is -4.44. The molecule has 0 saturated carbocycles. The normalized spacial score (nSPS) is 12.3. The van der Waals surface area contributed by atoms with Crippen LogP contribution in [0, 0.1) is 0 Å². The Labute approximate surface area is 160 Å². The standard InChI is InChI=1S/C15H12F3N3.C7H6/c16-15(17,18)12-8-4-7-11-13(9-19)21(20-14(11)12)10-5-2-1-3-6-10;1-2-4-7-5-6(7)3-1/h1-8H,9,19H2;1-4H,5H2. The van der Waals surface area contributed by atoms with E-state index in [1.165, 1.54) is 28.3 Å². The number of rotatable bonds is 2. The molecule has 0 saturated heterocycles. The number of halogens is 3. The topological polar surface area (TPSA) is 43.8 Å². The largest absolute Gasteiger partial charge is 0.418 e. The number of alkyl halides is 3. The molecule has 0 aliphatic heterocycles. The minimum absolute atomic E-state index is 0.0747. The van der Waals surface area contributed by atoms with Gasteiger partial charge in [-0.15, -0.1) is 0 Å². The summed E-state index contributed by atoms with van der Waals surface area (Å²) in [5, 5.41) is 4.56. The molecule has 5 rings (SSSR count). The summed E-state index contributed by atoms with van der Waals surface area (Å²) in [5.41, 5.74) is 9.20. The van der Waals surface area contributed by atoms with Gasteiger partial charge in [0, 0.05) is 11.9 Å². The van der Waals surface area contributed by atoms with Gasteiger partial charge in [0.25, 0.3) is 0 Å². The molecule has 4 aromatic rings. The zero-order valence-electron chi connectivity index (χ0n) is 14.9. The summed E-state index contributed by atoms with van der Waals surface area (Å²) in [6.45, 7) is 0.104. The third-order valence-corrected chi connectivity index (χ3v) is 4.68. The lowest BCUT2D eigenvalue weighted by molar-refractivity contribution is -0.136. The number of hydrogen-bond acceptors (Lipinski definition) is 2. The fraction of sp³-hybridized carbons (Fsp3) is 0.136. The lowest BCUT2D eigenvalue weighted by Crippen LogP contribution is -2.07. The Balaban J connectivity index is 0.000000227. The third kappa shape index (κ3) is 3.51. The van der Waals surface area contributed by atoms with Gasteiger partial charge in [-0.25, -0.2) is 4.68 Å². The first kappa shape index (κ1) is 18.3. The molecule has 2 N–H and O–H groups in total. The van der Waals surface area contributed by atoms with Crippen molar-refractivity contribution in [1.29, 1.82) is 0 Å². The van der Waals surface area contributed by atoms with E-state index in [2.05, 4.69) is 29.4 Å². The van der Waals surface area contributed by atoms with Crippen molar-refractivity contribution in [2.45, 2.75) is 19.1 Å². The van der Waals surface area contributed by atoms with Crippen molar-refractivity contribution in [1.82, 2.24) is 9.78 Å². The second kappa shape index (κ2) is 7.13. The lowest BCUT2D eigenvalue weighted by atomic mass is 10.1. The van der Waals surface area contributed by atoms with Crippen LogP contribution in [-0.4, -0.2) is 9.78 Å². The Hall–Kier alpha value is -3.12. The van der Waals surface area contributed by atoms with Gasteiger partial charge >= 0.3 is 6.18 Å². The van der Waals surface area contributed by atoms with Crippen LogP contribution in [0.25, 0.3) is 16.6 Å². The molecule has 142 valence electrons. The first-order chi connectivity index (χ1) is 13.5. The molecule has 3 nitrogen and oxygen atoms in total. The number of benzene rings is 3. The van der Waals surface area contributed by atoms with Crippen LogP contribution in [0.4, 0.5) is 13.2 Å². The number of hydrogen-bond donors (Lipinski definition) is 1. The predicted octanol–water partition coefficient (Wildman–Crippen LogP) is 5.09. The molecule has 1 aliphatic rings. The van der Waals surface area contributed by atoms with Crippen molar-refractivity contribution in [3.05, 3.63) is 95.2 Å². The molecule has 0 radical (unpaired) electrons. The summed E-state index contributed by atoms with van der Waals surface area (Å²) < 4.78 is 40.7. The van der Waals surface area contributed by atoms with Gasteiger partial charge in [-0.05, 0) is 35.7 Å². The summed E-state index contributed by atoms with van der Waals surface area (Å²) in [6.07, 6.45) is -3.20. The second-order valence-corrected chi connectivity index (χ2v) is 6.54. The fourth-order valence-electron chi connectivity index (χ4n) is 3.20. The Kier molecular flexibility index (Phi) is 4.65. The molecular weight excluding hydrogens is 363 g/mol. The molecule has 1 heterocycles. The molecule has 1 aromatic heterocycles. The Bertz CT molecular complexity index is 1090. The van der Waals surface area contributed by atoms with Crippen molar-refractivity contribution >= 4 is 10.9 Å². The third-order valence-electron chi connectivity index (χ3n) is 4.68. The zero-order valence-corrected chi connectivity index (χ0v) is 14.9. The van der Waals surface area contributed by atoms with E-state index in [-0.39, 0.29) is 12.1 Å². The van der Waals surface area contributed by atoms with Crippen LogP contribution in [0.2, 0.25) is 0 Å². The molecule has 0 fully saturated rings. The summed E-state index contributed by atoms with van der Waals surface area (Å²) in [4.78, 5) is 0. The smallest absolute Gasteiger partial charge is 0.325 e. The minimum Gasteiger partial charge on any atom is -0.325 e. The van der Waals surface area contributed by atoms with Gasteiger partial charge in [-0.3, -0.25) is 0 Å². The van der Waals surface area contributed by atoms with Crippen molar-refractivity contribution in [3.8, 4) is 5.69 Å². The molecule has 28 heavy (non-hydrogen) atoms. The highest BCUT2D eigenvalue weighted by Crippen LogP contribution is 2.35. The molecule has 0 spiro atoms. The molecule has 0 bridgehead atoms. The van der Waals surface area contributed by atoms with Gasteiger partial charge < -0.3 is 5.73 Å². The monoisotopic (exact) mass is 381 g/mol. The average molecular weight is 381 g/mol. The van der Waals surface area contributed by atoms with E-state index in [0.29, 0.717) is 16.8 Å². The van der Waals surface area contributed by atoms with Gasteiger partial charge in [0.1, 0.15) is 5.52 Å². The molecule has 0 atom stereocenters. The highest BCUT2D eigenvalue weighted by atomic mass is 19.4. The van der Waals surface area contributed by atoms with Gasteiger partial charge in [0.15, 0.2) is 0 Å². The van der Waals surface area contributed by atoms with Crippen molar-refractivity contribution in [2.24, 2.45) is 5.73 Å². The van der Waals surface area contributed by atoms with E-state index in [1.54, 1.807) is 30.3 Å². The van der Waals surface area contributed by atoms with E-state index < -0.39 is 11.7 Å². The van der Waals surface area contributed by atoms with Crippen LogP contribution in [0.15, 0.2) is 72.8 Å². The van der Waals surface area contributed by atoms with E-state index >= 15 is 0 Å². The highest BCUT2D eigenvalue weighted by Gasteiger charge is 2.34. The van der Waals surface area contributed by atoms with Crippen molar-refractivity contribution < 1.29 is 13.2 Å². The van der Waals surface area contributed by atoms with Crippen LogP contribution in [0.3, 0.4) is 0 Å². The zero-order chi connectivity index (χ0) is 19.7. The summed E-state index contributed by atoms with van der Waals surface area (Å²) in [7, 11) is 0. The quantitative estimate of drug-likeness (QED) is 0.463.